The zero-order valence-corrected chi connectivity index (χ0v) is 16.1. The highest BCUT2D eigenvalue weighted by atomic mass is 32.2. The summed E-state index contributed by atoms with van der Waals surface area (Å²) < 4.78 is 0. The van der Waals surface area contributed by atoms with Gasteiger partial charge in [0.15, 0.2) is 5.78 Å². The molecule has 0 saturated carbocycles. The number of rotatable bonds is 10. The van der Waals surface area contributed by atoms with Gasteiger partial charge in [-0.25, -0.2) is 0 Å². The third-order valence-corrected chi connectivity index (χ3v) is 5.04. The first-order valence-corrected chi connectivity index (χ1v) is 10.3. The molecule has 0 N–H and O–H groups in total. The van der Waals surface area contributed by atoms with Crippen LogP contribution in [0.15, 0.2) is 59.5 Å². The number of hydrogen-bond donors (Lipinski definition) is 0. The average molecular weight is 353 g/mol. The van der Waals surface area contributed by atoms with Gasteiger partial charge in [-0.05, 0) is 60.1 Å². The lowest BCUT2D eigenvalue weighted by Crippen LogP contribution is -1.93. The Morgan fingerprint density at radius 2 is 1.80 bits per heavy atom. The molecule has 0 aliphatic carbocycles. The second-order valence-corrected chi connectivity index (χ2v) is 7.55. The minimum absolute atomic E-state index is 0.0568. The Morgan fingerprint density at radius 3 is 2.52 bits per heavy atom. The molecule has 0 heterocycles. The molecule has 0 saturated heterocycles. The van der Waals surface area contributed by atoms with E-state index in [1.165, 1.54) is 36.1 Å². The van der Waals surface area contributed by atoms with Crippen molar-refractivity contribution in [1.82, 2.24) is 0 Å². The number of carbonyl (C=O) groups excluding carboxylic acids is 1. The predicted molar refractivity (Wildman–Crippen MR) is 110 cm³/mol. The van der Waals surface area contributed by atoms with Crippen LogP contribution in [0.25, 0.3) is 6.08 Å². The predicted octanol–water partition coefficient (Wildman–Crippen LogP) is 6.82. The maximum Gasteiger partial charge on any atom is 0.185 e. The van der Waals surface area contributed by atoms with Gasteiger partial charge in [0.1, 0.15) is 0 Å². The molecule has 2 aromatic rings. The van der Waals surface area contributed by atoms with Crippen LogP contribution in [-0.4, -0.2) is 11.5 Å². The summed E-state index contributed by atoms with van der Waals surface area (Å²) in [7, 11) is 0. The molecule has 1 nitrogen and oxygen atoms in total. The smallest absolute Gasteiger partial charge is 0.185 e. The maximum atomic E-state index is 12.3. The molecule has 132 valence electrons. The van der Waals surface area contributed by atoms with Gasteiger partial charge >= 0.3 is 0 Å². The third kappa shape index (κ3) is 6.91. The van der Waals surface area contributed by atoms with Crippen molar-refractivity contribution < 1.29 is 4.79 Å². The molecule has 0 aromatic heterocycles. The lowest BCUT2D eigenvalue weighted by atomic mass is 10.0. The highest BCUT2D eigenvalue weighted by molar-refractivity contribution is 7.99. The summed E-state index contributed by atoms with van der Waals surface area (Å²) >= 11 is 1.79. The van der Waals surface area contributed by atoms with Crippen LogP contribution in [0.3, 0.4) is 0 Å². The maximum absolute atomic E-state index is 12.3. The van der Waals surface area contributed by atoms with E-state index >= 15 is 0 Å². The number of hydrogen-bond acceptors (Lipinski definition) is 2. The van der Waals surface area contributed by atoms with Crippen molar-refractivity contribution in [3.63, 3.8) is 0 Å². The molecule has 0 bridgehead atoms. The first kappa shape index (κ1) is 19.5. The van der Waals surface area contributed by atoms with Gasteiger partial charge in [0.05, 0.1) is 0 Å². The van der Waals surface area contributed by atoms with Crippen molar-refractivity contribution in [2.75, 3.05) is 5.75 Å². The van der Waals surface area contributed by atoms with Crippen molar-refractivity contribution in [3.05, 3.63) is 71.3 Å². The highest BCUT2D eigenvalue weighted by Crippen LogP contribution is 2.18. The van der Waals surface area contributed by atoms with Crippen molar-refractivity contribution >= 4 is 23.6 Å². The number of carbonyl (C=O) groups is 1. The zero-order chi connectivity index (χ0) is 17.9. The van der Waals surface area contributed by atoms with Gasteiger partial charge in [0, 0.05) is 10.5 Å². The Balaban J connectivity index is 1.94. The van der Waals surface area contributed by atoms with Gasteiger partial charge in [-0.1, -0.05) is 63.5 Å². The normalized spacial score (nSPS) is 11.1. The summed E-state index contributed by atoms with van der Waals surface area (Å²) in [4.78, 5) is 13.5. The molecule has 0 atom stereocenters. The standard InChI is InChI=1S/C23H28OS/c1-3-5-6-7-9-19-10-8-11-20(18-19)12-17-23(24)21-13-15-22(16-14-21)25-4-2/h8,10-18H,3-7,9H2,1-2H3/b17-12+. The van der Waals surface area contributed by atoms with Gasteiger partial charge < -0.3 is 0 Å². The fraction of sp³-hybridized carbons (Fsp3) is 0.348. The van der Waals surface area contributed by atoms with Crippen LogP contribution in [0, 0.1) is 0 Å². The molecule has 0 aliphatic rings. The summed E-state index contributed by atoms with van der Waals surface area (Å²) in [5, 5.41) is 0. The number of ketones is 1. The van der Waals surface area contributed by atoms with E-state index in [0.717, 1.165) is 23.3 Å². The Bertz CT molecular complexity index is 685. The fourth-order valence-corrected chi connectivity index (χ4v) is 3.42. The number of allylic oxidation sites excluding steroid dienone is 1. The highest BCUT2D eigenvalue weighted by Gasteiger charge is 2.02. The molecular formula is C23H28OS. The molecule has 0 radical (unpaired) electrons. The van der Waals surface area contributed by atoms with E-state index in [9.17, 15) is 4.79 Å². The molecule has 0 aliphatic heterocycles. The van der Waals surface area contributed by atoms with E-state index in [2.05, 4.69) is 38.1 Å². The van der Waals surface area contributed by atoms with Crippen LogP contribution in [-0.2, 0) is 6.42 Å². The monoisotopic (exact) mass is 352 g/mol. The van der Waals surface area contributed by atoms with E-state index in [1.807, 2.05) is 30.3 Å². The minimum atomic E-state index is 0.0568. The van der Waals surface area contributed by atoms with Crippen molar-refractivity contribution in [2.24, 2.45) is 0 Å². The summed E-state index contributed by atoms with van der Waals surface area (Å²) in [5.74, 6) is 1.10. The van der Waals surface area contributed by atoms with Crippen molar-refractivity contribution in [3.8, 4) is 0 Å². The lowest BCUT2D eigenvalue weighted by molar-refractivity contribution is 0.104. The Hall–Kier alpha value is -1.80. The lowest BCUT2D eigenvalue weighted by Gasteiger charge is -2.03. The number of unbranched alkanes of at least 4 members (excludes halogenated alkanes) is 3. The fourth-order valence-electron chi connectivity index (χ4n) is 2.76. The van der Waals surface area contributed by atoms with Crippen LogP contribution in [0.5, 0.6) is 0 Å². The average Bonchev–Trinajstić information content (AvgIpc) is 2.64. The van der Waals surface area contributed by atoms with Crippen LogP contribution in [0.4, 0.5) is 0 Å². The molecule has 25 heavy (non-hydrogen) atoms. The molecule has 0 amide bonds. The van der Waals surface area contributed by atoms with Crippen LogP contribution in [0.1, 0.15) is 61.0 Å². The van der Waals surface area contributed by atoms with Crippen molar-refractivity contribution in [1.29, 1.82) is 0 Å². The van der Waals surface area contributed by atoms with Gasteiger partial charge in [-0.2, -0.15) is 0 Å². The summed E-state index contributed by atoms with van der Waals surface area (Å²) in [6.07, 6.45) is 9.83. The summed E-state index contributed by atoms with van der Waals surface area (Å²) in [5.41, 5.74) is 3.19. The number of thioether (sulfide) groups is 1. The first-order chi connectivity index (χ1) is 12.2. The molecule has 2 heteroatoms. The molecule has 2 aromatic carbocycles. The van der Waals surface area contributed by atoms with Crippen molar-refractivity contribution in [2.45, 2.75) is 50.8 Å². The van der Waals surface area contributed by atoms with Crippen LogP contribution in [0.2, 0.25) is 0 Å². The summed E-state index contributed by atoms with van der Waals surface area (Å²) in [6, 6.07) is 16.4. The van der Waals surface area contributed by atoms with E-state index in [-0.39, 0.29) is 5.78 Å². The summed E-state index contributed by atoms with van der Waals surface area (Å²) in [6.45, 7) is 4.36. The molecule has 0 unspecified atom stereocenters. The van der Waals surface area contributed by atoms with E-state index in [4.69, 9.17) is 0 Å². The van der Waals surface area contributed by atoms with E-state index in [1.54, 1.807) is 17.8 Å². The Morgan fingerprint density at radius 1 is 1.00 bits per heavy atom. The SMILES string of the molecule is CCCCCCc1cccc(/C=C/C(=O)c2ccc(SCC)cc2)c1. The second-order valence-electron chi connectivity index (χ2n) is 6.21. The van der Waals surface area contributed by atoms with Gasteiger partial charge in [0.25, 0.3) is 0 Å². The Kier molecular flexibility index (Phi) is 8.54. The molecule has 2 rings (SSSR count). The Labute approximate surface area is 156 Å². The van der Waals surface area contributed by atoms with E-state index < -0.39 is 0 Å². The number of benzene rings is 2. The first-order valence-electron chi connectivity index (χ1n) is 9.27. The molecule has 0 fully saturated rings. The van der Waals surface area contributed by atoms with E-state index in [0.29, 0.717) is 0 Å². The molecular weight excluding hydrogens is 324 g/mol. The van der Waals surface area contributed by atoms with Gasteiger partial charge in [-0.3, -0.25) is 4.79 Å². The minimum Gasteiger partial charge on any atom is -0.289 e. The van der Waals surface area contributed by atoms with Gasteiger partial charge in [0.2, 0.25) is 0 Å². The quantitative estimate of drug-likeness (QED) is 0.202. The zero-order valence-electron chi connectivity index (χ0n) is 15.3. The number of aryl methyl sites for hydroxylation is 1. The molecule has 0 spiro atoms. The second kappa shape index (κ2) is 10.9. The third-order valence-electron chi connectivity index (χ3n) is 4.15. The topological polar surface area (TPSA) is 17.1 Å². The van der Waals surface area contributed by atoms with Crippen LogP contribution < -0.4 is 0 Å². The largest absolute Gasteiger partial charge is 0.289 e. The van der Waals surface area contributed by atoms with Gasteiger partial charge in [-0.15, -0.1) is 11.8 Å². The van der Waals surface area contributed by atoms with Crippen LogP contribution >= 0.6 is 11.8 Å².